The summed E-state index contributed by atoms with van der Waals surface area (Å²) in [6.45, 7) is 7.96. The molecule has 1 nitrogen and oxygen atoms in total. The van der Waals surface area contributed by atoms with Crippen LogP contribution in [0.5, 0.6) is 0 Å². The van der Waals surface area contributed by atoms with Crippen LogP contribution in [0.4, 0.5) is 8.78 Å². The minimum atomic E-state index is -0.629. The second-order valence-corrected chi connectivity index (χ2v) is 5.48. The fraction of sp³-hybridized carbons (Fsp3) is 0.421. The lowest BCUT2D eigenvalue weighted by Crippen LogP contribution is -2.20. The normalized spacial score (nSPS) is 26.9. The Hall–Kier alpha value is -1.77. The molecular formula is C19H25F2N. The molecule has 2 rings (SSSR count). The molecule has 2 aliphatic carbocycles. The second kappa shape index (κ2) is 8.62. The monoisotopic (exact) mass is 305 g/mol. The van der Waals surface area contributed by atoms with Crippen LogP contribution in [-0.2, 0) is 0 Å². The van der Waals surface area contributed by atoms with Gasteiger partial charge in [0, 0.05) is 24.0 Å². The molecule has 0 amide bonds. The van der Waals surface area contributed by atoms with Gasteiger partial charge in [-0.3, -0.25) is 0 Å². The van der Waals surface area contributed by atoms with Crippen molar-refractivity contribution in [2.75, 3.05) is 0 Å². The first kappa shape index (κ1) is 18.3. The van der Waals surface area contributed by atoms with Crippen molar-refractivity contribution < 1.29 is 8.78 Å². The lowest BCUT2D eigenvalue weighted by molar-refractivity contribution is 0.512. The highest BCUT2D eigenvalue weighted by Gasteiger charge is 2.30. The lowest BCUT2D eigenvalue weighted by atomic mass is 9.79. The minimum Gasteiger partial charge on any atom is -0.300 e. The SMILES string of the molecule is CC=C1/C=C\C=C(\C)C(=N)C2=C(F)C=C(F)CC12.CCCC. The summed E-state index contributed by atoms with van der Waals surface area (Å²) in [6, 6.07) is 0. The predicted molar refractivity (Wildman–Crippen MR) is 90.4 cm³/mol. The highest BCUT2D eigenvalue weighted by atomic mass is 19.1. The predicted octanol–water partition coefficient (Wildman–Crippen LogP) is 6.37. The van der Waals surface area contributed by atoms with Gasteiger partial charge in [0.2, 0.25) is 0 Å². The standard InChI is InChI=1S/C15H15F2N.C4H10/c1-3-10-6-4-5-9(2)15(18)14-12(10)7-11(16)8-13(14)17;1-3-4-2/h3-6,8,12,18H,7H2,1-2H3;3-4H2,1-2H3/b6-4-,9-5-,10-3?,18-15?;. The van der Waals surface area contributed by atoms with Gasteiger partial charge < -0.3 is 5.41 Å². The third-order valence-corrected chi connectivity index (χ3v) is 3.82. The molecule has 1 N–H and O–H groups in total. The van der Waals surface area contributed by atoms with Crippen LogP contribution in [0.2, 0.25) is 0 Å². The maximum absolute atomic E-state index is 14.0. The van der Waals surface area contributed by atoms with Gasteiger partial charge in [0.25, 0.3) is 0 Å². The van der Waals surface area contributed by atoms with Gasteiger partial charge in [-0.1, -0.05) is 51.0 Å². The van der Waals surface area contributed by atoms with Gasteiger partial charge in [0.1, 0.15) is 11.7 Å². The van der Waals surface area contributed by atoms with E-state index in [0.29, 0.717) is 11.1 Å². The maximum atomic E-state index is 14.0. The van der Waals surface area contributed by atoms with Crippen LogP contribution in [0.25, 0.3) is 0 Å². The highest BCUT2D eigenvalue weighted by Crippen LogP contribution is 2.38. The number of rotatable bonds is 1. The molecule has 0 aromatic rings. The van der Waals surface area contributed by atoms with Gasteiger partial charge >= 0.3 is 0 Å². The Bertz CT molecular complexity index is 572. The van der Waals surface area contributed by atoms with Crippen molar-refractivity contribution >= 4 is 5.71 Å². The third kappa shape index (κ3) is 4.36. The van der Waals surface area contributed by atoms with E-state index in [1.165, 1.54) is 12.8 Å². The molecule has 1 atom stereocenters. The van der Waals surface area contributed by atoms with Crippen molar-refractivity contribution in [1.29, 1.82) is 5.41 Å². The number of halogens is 2. The Morgan fingerprint density at radius 1 is 1.27 bits per heavy atom. The molecule has 0 radical (unpaired) electrons. The summed E-state index contributed by atoms with van der Waals surface area (Å²) >= 11 is 0. The minimum absolute atomic E-state index is 0.127. The summed E-state index contributed by atoms with van der Waals surface area (Å²) in [4.78, 5) is 0. The van der Waals surface area contributed by atoms with E-state index in [1.54, 1.807) is 13.0 Å². The zero-order valence-corrected chi connectivity index (χ0v) is 13.8. The van der Waals surface area contributed by atoms with E-state index in [4.69, 9.17) is 5.41 Å². The molecule has 3 heteroatoms. The Morgan fingerprint density at radius 2 is 1.91 bits per heavy atom. The maximum Gasteiger partial charge on any atom is 0.131 e. The summed E-state index contributed by atoms with van der Waals surface area (Å²) in [5.74, 6) is -1.49. The summed E-state index contributed by atoms with van der Waals surface area (Å²) in [5.41, 5.74) is 1.98. The van der Waals surface area contributed by atoms with Crippen molar-refractivity contribution in [2.24, 2.45) is 5.92 Å². The second-order valence-electron chi connectivity index (χ2n) is 5.48. The molecule has 0 aromatic heterocycles. The van der Waals surface area contributed by atoms with E-state index < -0.39 is 17.6 Å². The molecule has 1 unspecified atom stereocenters. The smallest absolute Gasteiger partial charge is 0.131 e. The summed E-state index contributed by atoms with van der Waals surface area (Å²) in [7, 11) is 0. The van der Waals surface area contributed by atoms with Crippen LogP contribution in [0, 0.1) is 11.3 Å². The number of hydrogen-bond acceptors (Lipinski definition) is 1. The molecule has 0 bridgehead atoms. The molecule has 0 saturated carbocycles. The van der Waals surface area contributed by atoms with Crippen molar-refractivity contribution in [1.82, 2.24) is 0 Å². The first-order chi connectivity index (χ1) is 10.5. The Labute approximate surface area is 132 Å². The Kier molecular flexibility index (Phi) is 7.16. The number of nitrogens with one attached hydrogen (secondary N) is 1. The largest absolute Gasteiger partial charge is 0.300 e. The molecule has 0 heterocycles. The van der Waals surface area contributed by atoms with Gasteiger partial charge in [0.15, 0.2) is 0 Å². The van der Waals surface area contributed by atoms with Crippen molar-refractivity contribution in [3.63, 3.8) is 0 Å². The van der Waals surface area contributed by atoms with Crippen LogP contribution in [0.1, 0.15) is 47.0 Å². The molecule has 0 spiro atoms. The van der Waals surface area contributed by atoms with Gasteiger partial charge in [-0.05, 0) is 25.0 Å². The third-order valence-electron chi connectivity index (χ3n) is 3.82. The van der Waals surface area contributed by atoms with E-state index in [9.17, 15) is 8.78 Å². The summed E-state index contributed by atoms with van der Waals surface area (Å²) in [5, 5.41) is 8.04. The zero-order chi connectivity index (χ0) is 16.7. The summed E-state index contributed by atoms with van der Waals surface area (Å²) in [6.07, 6.45) is 11.0. The molecule has 0 fully saturated rings. The lowest BCUT2D eigenvalue weighted by Gasteiger charge is -2.26. The molecule has 22 heavy (non-hydrogen) atoms. The van der Waals surface area contributed by atoms with E-state index in [-0.39, 0.29) is 12.1 Å². The van der Waals surface area contributed by atoms with Gasteiger partial charge in [-0.2, -0.15) is 0 Å². The van der Waals surface area contributed by atoms with Crippen LogP contribution in [0.15, 0.2) is 58.8 Å². The molecule has 0 aliphatic heterocycles. The fourth-order valence-electron chi connectivity index (χ4n) is 2.33. The molecule has 0 saturated heterocycles. The van der Waals surface area contributed by atoms with Gasteiger partial charge in [-0.25, -0.2) is 8.78 Å². The summed E-state index contributed by atoms with van der Waals surface area (Å²) < 4.78 is 27.4. The quantitative estimate of drug-likeness (QED) is 0.582. The van der Waals surface area contributed by atoms with Crippen molar-refractivity contribution in [3.05, 3.63) is 58.8 Å². The van der Waals surface area contributed by atoms with Crippen molar-refractivity contribution in [3.8, 4) is 0 Å². The zero-order valence-electron chi connectivity index (χ0n) is 13.8. The van der Waals surface area contributed by atoms with Gasteiger partial charge in [0.05, 0.1) is 5.71 Å². The Balaban J connectivity index is 0.000000541. The van der Waals surface area contributed by atoms with Crippen LogP contribution < -0.4 is 0 Å². The van der Waals surface area contributed by atoms with E-state index in [1.807, 2.05) is 25.2 Å². The molecule has 120 valence electrons. The van der Waals surface area contributed by atoms with Crippen LogP contribution in [0.3, 0.4) is 0 Å². The van der Waals surface area contributed by atoms with Crippen molar-refractivity contribution in [2.45, 2.75) is 47.0 Å². The number of hydrogen-bond donors (Lipinski definition) is 1. The number of fused-ring (bicyclic) bond motifs is 1. The van der Waals surface area contributed by atoms with E-state index in [2.05, 4.69) is 13.8 Å². The highest BCUT2D eigenvalue weighted by molar-refractivity contribution is 6.11. The topological polar surface area (TPSA) is 23.9 Å². The Morgan fingerprint density at radius 3 is 2.45 bits per heavy atom. The number of unbranched alkanes of at least 4 members (excludes halogenated alkanes) is 1. The first-order valence-corrected chi connectivity index (χ1v) is 7.82. The molecule has 2 aliphatic rings. The number of allylic oxidation sites excluding steroid dienone is 10. The molecule has 0 aromatic carbocycles. The van der Waals surface area contributed by atoms with Crippen LogP contribution >= 0.6 is 0 Å². The average Bonchev–Trinajstić information content (AvgIpc) is 2.49. The van der Waals surface area contributed by atoms with E-state index >= 15 is 0 Å². The van der Waals surface area contributed by atoms with E-state index in [0.717, 1.165) is 11.6 Å². The van der Waals surface area contributed by atoms with Crippen LogP contribution in [-0.4, -0.2) is 5.71 Å². The average molecular weight is 305 g/mol. The fourth-order valence-corrected chi connectivity index (χ4v) is 2.33. The first-order valence-electron chi connectivity index (χ1n) is 7.82. The molecular weight excluding hydrogens is 280 g/mol. The van der Waals surface area contributed by atoms with Gasteiger partial charge in [-0.15, -0.1) is 0 Å².